The monoisotopic (exact) mass is 307 g/mol. The molecule has 1 aliphatic carbocycles. The molecule has 0 radical (unpaired) electrons. The predicted molar refractivity (Wildman–Crippen MR) is 92.2 cm³/mol. The maximum absolute atomic E-state index is 12.8. The van der Waals surface area contributed by atoms with E-state index in [-0.39, 0.29) is 11.3 Å². The zero-order valence-corrected chi connectivity index (χ0v) is 14.4. The molecule has 0 aliphatic heterocycles. The topological polar surface area (TPSA) is 29.1 Å². The Morgan fingerprint density at radius 2 is 1.90 bits per heavy atom. The molecule has 2 rings (SSSR count). The molecule has 118 valence electrons. The van der Waals surface area contributed by atoms with Gasteiger partial charge in [-0.1, -0.05) is 51.5 Å². The van der Waals surface area contributed by atoms with Crippen molar-refractivity contribution in [2.45, 2.75) is 63.7 Å². The van der Waals surface area contributed by atoms with E-state index in [2.05, 4.69) is 50.4 Å². The smallest absolute Gasteiger partial charge is 0.0548 e. The molecule has 0 saturated carbocycles. The van der Waals surface area contributed by atoms with Gasteiger partial charge < -0.3 is 5.32 Å². The third kappa shape index (κ3) is 3.95. The first-order valence-corrected chi connectivity index (χ1v) is 9.76. The van der Waals surface area contributed by atoms with E-state index in [1.165, 1.54) is 11.1 Å². The summed E-state index contributed by atoms with van der Waals surface area (Å²) >= 11 is 0. The van der Waals surface area contributed by atoms with Crippen LogP contribution in [0.4, 0.5) is 0 Å². The molecular formula is C18H29NOS. The Morgan fingerprint density at radius 3 is 2.57 bits per heavy atom. The van der Waals surface area contributed by atoms with Crippen molar-refractivity contribution < 1.29 is 4.21 Å². The second-order valence-corrected chi connectivity index (χ2v) is 7.95. The highest BCUT2D eigenvalue weighted by Gasteiger charge is 2.35. The average molecular weight is 308 g/mol. The Kier molecular flexibility index (Phi) is 6.43. The molecule has 21 heavy (non-hydrogen) atoms. The lowest BCUT2D eigenvalue weighted by atomic mass is 9.80. The van der Waals surface area contributed by atoms with Crippen LogP contribution >= 0.6 is 0 Å². The number of rotatable bonds is 7. The van der Waals surface area contributed by atoms with Crippen LogP contribution in [-0.4, -0.2) is 21.8 Å². The summed E-state index contributed by atoms with van der Waals surface area (Å²) in [6.45, 7) is 7.63. The molecule has 0 bridgehead atoms. The van der Waals surface area contributed by atoms with Gasteiger partial charge in [0.25, 0.3) is 0 Å². The minimum absolute atomic E-state index is 0.257. The molecule has 0 amide bonds. The number of hydrogen-bond donors (Lipinski definition) is 1. The van der Waals surface area contributed by atoms with E-state index >= 15 is 0 Å². The molecule has 3 heteroatoms. The molecule has 1 aliphatic rings. The van der Waals surface area contributed by atoms with E-state index in [9.17, 15) is 4.21 Å². The summed E-state index contributed by atoms with van der Waals surface area (Å²) in [4.78, 5) is 0. The van der Waals surface area contributed by atoms with Crippen LogP contribution in [0.25, 0.3) is 0 Å². The Balaban J connectivity index is 2.25. The molecule has 0 saturated heterocycles. The van der Waals surface area contributed by atoms with Crippen LogP contribution in [0.2, 0.25) is 0 Å². The van der Waals surface area contributed by atoms with E-state index in [4.69, 9.17) is 0 Å². The maximum Gasteiger partial charge on any atom is 0.0548 e. The van der Waals surface area contributed by atoms with Gasteiger partial charge in [0.1, 0.15) is 0 Å². The zero-order valence-electron chi connectivity index (χ0n) is 13.6. The van der Waals surface area contributed by atoms with Crippen molar-refractivity contribution in [2.75, 3.05) is 12.3 Å². The van der Waals surface area contributed by atoms with Crippen LogP contribution in [0.1, 0.15) is 69.5 Å². The molecule has 1 N–H and O–H groups in total. The molecule has 2 nitrogen and oxygen atoms in total. The summed E-state index contributed by atoms with van der Waals surface area (Å²) < 4.78 is 12.8. The SMILES string of the molecule is CCCCS(=O)C1CC(C)c2ccccc2C1NCCC. The molecule has 1 aromatic rings. The largest absolute Gasteiger partial charge is 0.309 e. The van der Waals surface area contributed by atoms with E-state index in [0.29, 0.717) is 5.92 Å². The van der Waals surface area contributed by atoms with Crippen LogP contribution in [0.5, 0.6) is 0 Å². The van der Waals surface area contributed by atoms with E-state index in [1.807, 2.05) is 0 Å². The fraction of sp³-hybridized carbons (Fsp3) is 0.667. The fourth-order valence-corrected chi connectivity index (χ4v) is 5.22. The van der Waals surface area contributed by atoms with Gasteiger partial charge in [-0.2, -0.15) is 0 Å². The van der Waals surface area contributed by atoms with Gasteiger partial charge in [-0.3, -0.25) is 4.21 Å². The van der Waals surface area contributed by atoms with Crippen LogP contribution in [0, 0.1) is 0 Å². The van der Waals surface area contributed by atoms with Crippen molar-refractivity contribution in [3.05, 3.63) is 35.4 Å². The quantitative estimate of drug-likeness (QED) is 0.820. The molecular weight excluding hydrogens is 278 g/mol. The van der Waals surface area contributed by atoms with Gasteiger partial charge in [0, 0.05) is 22.6 Å². The van der Waals surface area contributed by atoms with Crippen molar-refractivity contribution in [3.63, 3.8) is 0 Å². The number of hydrogen-bond acceptors (Lipinski definition) is 2. The molecule has 0 spiro atoms. The molecule has 4 unspecified atom stereocenters. The zero-order chi connectivity index (χ0) is 15.2. The van der Waals surface area contributed by atoms with E-state index < -0.39 is 10.8 Å². The third-order valence-corrected chi connectivity index (χ3v) is 6.30. The van der Waals surface area contributed by atoms with Gasteiger partial charge in [0.2, 0.25) is 0 Å². The number of nitrogens with one attached hydrogen (secondary N) is 1. The number of unbranched alkanes of at least 4 members (excludes halogenated alkanes) is 1. The summed E-state index contributed by atoms with van der Waals surface area (Å²) in [5.41, 5.74) is 2.81. The summed E-state index contributed by atoms with van der Waals surface area (Å²) in [6.07, 6.45) is 4.34. The number of fused-ring (bicyclic) bond motifs is 1. The highest BCUT2D eigenvalue weighted by molar-refractivity contribution is 7.85. The maximum atomic E-state index is 12.8. The third-order valence-electron chi connectivity index (χ3n) is 4.47. The second kappa shape index (κ2) is 8.09. The molecule has 1 aromatic carbocycles. The first-order chi connectivity index (χ1) is 10.2. The first kappa shape index (κ1) is 16.7. The van der Waals surface area contributed by atoms with Crippen molar-refractivity contribution in [1.82, 2.24) is 5.32 Å². The Hall–Kier alpha value is -0.670. The summed E-state index contributed by atoms with van der Waals surface area (Å²) in [6, 6.07) is 8.97. The second-order valence-electron chi connectivity index (χ2n) is 6.17. The molecule has 4 atom stereocenters. The van der Waals surface area contributed by atoms with Gasteiger partial charge in [0.15, 0.2) is 0 Å². The summed E-state index contributed by atoms with van der Waals surface area (Å²) in [5, 5.41) is 3.92. The Bertz CT molecular complexity index is 474. The van der Waals surface area contributed by atoms with Crippen LogP contribution in [-0.2, 0) is 10.8 Å². The average Bonchev–Trinajstić information content (AvgIpc) is 2.51. The van der Waals surface area contributed by atoms with Crippen LogP contribution < -0.4 is 5.32 Å². The van der Waals surface area contributed by atoms with Crippen molar-refractivity contribution in [3.8, 4) is 0 Å². The molecule has 0 aromatic heterocycles. The van der Waals surface area contributed by atoms with Crippen molar-refractivity contribution >= 4 is 10.8 Å². The van der Waals surface area contributed by atoms with Gasteiger partial charge in [0.05, 0.1) is 5.25 Å². The van der Waals surface area contributed by atoms with E-state index in [0.717, 1.165) is 38.0 Å². The Labute approximate surface area is 132 Å². The fourth-order valence-electron chi connectivity index (χ4n) is 3.29. The van der Waals surface area contributed by atoms with Gasteiger partial charge in [-0.15, -0.1) is 0 Å². The lowest BCUT2D eigenvalue weighted by molar-refractivity contribution is 0.436. The van der Waals surface area contributed by atoms with Gasteiger partial charge in [-0.05, 0) is 42.9 Å². The lowest BCUT2D eigenvalue weighted by Gasteiger charge is -2.37. The van der Waals surface area contributed by atoms with Gasteiger partial charge >= 0.3 is 0 Å². The van der Waals surface area contributed by atoms with Crippen molar-refractivity contribution in [2.24, 2.45) is 0 Å². The molecule has 0 fully saturated rings. The minimum atomic E-state index is -0.730. The van der Waals surface area contributed by atoms with Crippen LogP contribution in [0.3, 0.4) is 0 Å². The highest BCUT2D eigenvalue weighted by atomic mass is 32.2. The van der Waals surface area contributed by atoms with Gasteiger partial charge in [-0.25, -0.2) is 0 Å². The summed E-state index contributed by atoms with van der Waals surface area (Å²) in [7, 11) is -0.730. The van der Waals surface area contributed by atoms with Crippen molar-refractivity contribution in [1.29, 1.82) is 0 Å². The number of benzene rings is 1. The predicted octanol–water partition coefficient (Wildman–Crippen LogP) is 4.15. The standard InChI is InChI=1S/C18H29NOS/c1-4-6-12-21(20)17-13-14(3)15-9-7-8-10-16(15)18(17)19-11-5-2/h7-10,14,17-19H,4-6,11-13H2,1-3H3. The lowest BCUT2D eigenvalue weighted by Crippen LogP contribution is -2.40. The Morgan fingerprint density at radius 1 is 1.19 bits per heavy atom. The first-order valence-electron chi connectivity index (χ1n) is 8.38. The van der Waals surface area contributed by atoms with E-state index in [1.54, 1.807) is 0 Å². The highest BCUT2D eigenvalue weighted by Crippen LogP contribution is 2.39. The molecule has 0 heterocycles. The normalized spacial score (nSPS) is 26.3. The summed E-state index contributed by atoms with van der Waals surface area (Å²) in [5.74, 6) is 1.36. The minimum Gasteiger partial charge on any atom is -0.309 e. The van der Waals surface area contributed by atoms with Crippen LogP contribution in [0.15, 0.2) is 24.3 Å².